The van der Waals surface area contributed by atoms with Crippen molar-refractivity contribution in [2.75, 3.05) is 0 Å². The molecule has 12 aromatic rings. The van der Waals surface area contributed by atoms with E-state index in [0.717, 1.165) is 96.8 Å². The van der Waals surface area contributed by atoms with Crippen molar-refractivity contribution in [1.29, 1.82) is 0 Å². The Hall–Kier alpha value is -10.4. The minimum atomic E-state index is -0.676. The van der Waals surface area contributed by atoms with E-state index in [4.69, 9.17) is 23.7 Å². The number of aryl methyl sites for hydroxylation is 10. The molecule has 5 heteroatoms. The molecule has 5 aliphatic rings. The van der Waals surface area contributed by atoms with Crippen molar-refractivity contribution >= 4 is 0 Å². The van der Waals surface area contributed by atoms with Crippen molar-refractivity contribution in [2.45, 2.75) is 424 Å². The first-order valence-corrected chi connectivity index (χ1v) is 58.3. The van der Waals surface area contributed by atoms with Crippen LogP contribution in [0, 0.1) is 92.9 Å². The van der Waals surface area contributed by atoms with Crippen LogP contribution >= 0.6 is 0 Å². The maximum Gasteiger partial charge on any atom is 0.185 e. The van der Waals surface area contributed by atoms with Crippen LogP contribution in [0.4, 0.5) is 0 Å². The lowest BCUT2D eigenvalue weighted by atomic mass is 9.71. The number of unbranched alkanes of at least 4 members (excludes halogenated alkanes) is 18. The average Bonchev–Trinajstić information content (AvgIpc) is 0.710. The van der Waals surface area contributed by atoms with Gasteiger partial charge in [-0.15, -0.1) is 0 Å². The number of hydrogen-bond donors (Lipinski definition) is 0. The van der Waals surface area contributed by atoms with Crippen molar-refractivity contribution in [3.63, 3.8) is 0 Å². The minimum Gasteiger partial charge on any atom is -0.482 e. The Morgan fingerprint density at radius 2 is 0.418 bits per heavy atom. The Balaban J connectivity index is 0.000000153. The molecule has 5 aliphatic heterocycles. The fourth-order valence-corrected chi connectivity index (χ4v) is 24.0. The van der Waals surface area contributed by atoms with E-state index in [1.54, 1.807) is 0 Å². The molecule has 2 atom stereocenters. The fraction of sp³-hybridized carbons (Fsp3) is 0.489. The predicted molar refractivity (Wildman–Crippen MR) is 627 cm³/mol. The third-order valence-electron chi connectivity index (χ3n) is 32.5. The first-order chi connectivity index (χ1) is 70.6. The molecular formula is C141H186O5. The summed E-state index contributed by atoms with van der Waals surface area (Å²) in [5.74, 6) is 8.05. The Bertz CT molecular complexity index is 6000. The number of ether oxygens (including phenoxy) is 5. The normalized spacial score (nSPS) is 15.3. The fourth-order valence-electron chi connectivity index (χ4n) is 24.0. The number of rotatable bonds is 44. The van der Waals surface area contributed by atoms with E-state index in [-0.39, 0.29) is 22.4 Å². The molecule has 17 rings (SSSR count). The second kappa shape index (κ2) is 54.2. The minimum absolute atomic E-state index is 0.163. The van der Waals surface area contributed by atoms with Crippen LogP contribution in [-0.2, 0) is 28.0 Å². The summed E-state index contributed by atoms with van der Waals surface area (Å²) in [6.07, 6.45) is 47.9. The molecule has 12 aromatic carbocycles. The van der Waals surface area contributed by atoms with Gasteiger partial charge in [0.1, 0.15) is 51.2 Å². The Labute approximate surface area is 887 Å². The van der Waals surface area contributed by atoms with Gasteiger partial charge in [-0.05, 0) is 269 Å². The molecule has 5 nitrogen and oxygen atoms in total. The third kappa shape index (κ3) is 28.2. The molecule has 0 radical (unpaired) electrons. The maximum atomic E-state index is 7.21. The molecule has 0 N–H and O–H groups in total. The van der Waals surface area contributed by atoms with Crippen molar-refractivity contribution in [2.24, 2.45) is 23.7 Å². The quantitative estimate of drug-likeness (QED) is 0.0356. The standard InChI is InChI=1S/2C31H46O.C27H22O.C27H38O.C25H34O/c1-7-11-13-25(9-3)21-31(22-26(10-4)14-12-8-2)29-19-23(5)15-17-27(29)28-18-16-24(6)20-30(28)32-31;1-5-7-9-11-13-15-21-31(22-16-14-12-10-8-6-2)29-23-25(3)17-19-27(29)28-20-18-26(4)24-30(28)32-31;1-19-13-15-23-24-16-14-20(2)18-26(24)28-27(25(23)17-19,21-9-5-3-6-10-21)22-11-7-4-8-12-22;1-5-7-9-11-17-27(18-12-10-8-6-2)25-19-21(3)13-15-23(25)24-16-14-22(4)20-26(24)28-27;1-17(2)11-13-25(14-12-18(3)4)23-15-19(5)7-9-21(23)22-10-8-20(6)16-24(22)26-25/h15-20,25-26H,7-14,21-22H2,1-6H3;17-20,23-24H,5-16,21-22H2,1-4H3;3-18H,1-2H3;13-16,19-20H,5-12,17-18H2,1-4H3;7-10,15-18H,11-14H2,1-6H3. The summed E-state index contributed by atoms with van der Waals surface area (Å²) < 4.78 is 35.0. The van der Waals surface area contributed by atoms with Crippen molar-refractivity contribution in [3.05, 3.63) is 337 Å². The Morgan fingerprint density at radius 3 is 0.692 bits per heavy atom. The van der Waals surface area contributed by atoms with E-state index in [9.17, 15) is 0 Å². The smallest absolute Gasteiger partial charge is 0.185 e. The maximum absolute atomic E-state index is 7.21. The molecule has 5 heterocycles. The van der Waals surface area contributed by atoms with Gasteiger partial charge in [0.15, 0.2) is 5.60 Å². The van der Waals surface area contributed by atoms with Crippen LogP contribution in [0.15, 0.2) is 243 Å². The molecule has 0 saturated carbocycles. The van der Waals surface area contributed by atoms with Gasteiger partial charge in [0.25, 0.3) is 0 Å². The summed E-state index contributed by atoms with van der Waals surface area (Å²) >= 11 is 0. The first-order valence-electron chi connectivity index (χ1n) is 58.3. The lowest BCUT2D eigenvalue weighted by Gasteiger charge is -2.44. The SMILES string of the molecule is CCCCC(CC)CC1(CC(CC)CCCC)Oc2cc(C)ccc2-c2ccc(C)cc21.CCCCCCC1(CCCCCC)Oc2cc(C)ccc2-c2ccc(C)cc21.CCCCCCCCC1(CCCCCCCC)Oc2cc(C)ccc2-c2ccc(C)cc21.Cc1ccc2c(c1)OC(CCC(C)C)(CCC(C)C)c1cc(C)ccc1-2.Cc1ccc2c(c1)OC(c1ccccc1)(c1ccccc1)c1cc(C)ccc1-2. The number of fused-ring (bicyclic) bond motifs is 15. The van der Waals surface area contributed by atoms with E-state index in [1.807, 2.05) is 0 Å². The summed E-state index contributed by atoms with van der Waals surface area (Å²) in [6.45, 7) is 49.6. The van der Waals surface area contributed by atoms with Crippen LogP contribution in [0.2, 0.25) is 0 Å². The van der Waals surface area contributed by atoms with Crippen molar-refractivity contribution < 1.29 is 23.7 Å². The van der Waals surface area contributed by atoms with Gasteiger partial charge in [-0.1, -0.05) is 477 Å². The monoisotopic (exact) mass is 1960 g/mol. The molecule has 0 aliphatic carbocycles. The van der Waals surface area contributed by atoms with Gasteiger partial charge >= 0.3 is 0 Å². The van der Waals surface area contributed by atoms with Gasteiger partial charge in [-0.3, -0.25) is 0 Å². The molecule has 0 spiro atoms. The lowest BCUT2D eigenvalue weighted by molar-refractivity contribution is 0.00695. The zero-order valence-corrected chi connectivity index (χ0v) is 94.8. The highest BCUT2D eigenvalue weighted by atomic mass is 16.5. The highest BCUT2D eigenvalue weighted by Gasteiger charge is 2.49. The van der Waals surface area contributed by atoms with E-state index < -0.39 is 5.60 Å². The summed E-state index contributed by atoms with van der Waals surface area (Å²) in [7, 11) is 0. The molecule has 780 valence electrons. The largest absolute Gasteiger partial charge is 0.482 e. The van der Waals surface area contributed by atoms with Crippen LogP contribution < -0.4 is 23.7 Å². The molecule has 0 aromatic heterocycles. The topological polar surface area (TPSA) is 46.2 Å². The zero-order chi connectivity index (χ0) is 104. The highest BCUT2D eigenvalue weighted by Crippen LogP contribution is 2.58. The third-order valence-corrected chi connectivity index (χ3v) is 32.5. The first kappa shape index (κ1) is 113. The number of hydrogen-bond acceptors (Lipinski definition) is 5. The van der Waals surface area contributed by atoms with Crippen LogP contribution in [0.5, 0.6) is 28.7 Å². The van der Waals surface area contributed by atoms with Crippen molar-refractivity contribution in [1.82, 2.24) is 0 Å². The molecular weight excluding hydrogens is 1770 g/mol. The van der Waals surface area contributed by atoms with Gasteiger partial charge in [-0.25, -0.2) is 0 Å². The molecule has 146 heavy (non-hydrogen) atoms. The summed E-state index contributed by atoms with van der Waals surface area (Å²) in [4.78, 5) is 0. The summed E-state index contributed by atoms with van der Waals surface area (Å²) in [6, 6.07) is 89.2. The Kier molecular flexibility index (Phi) is 41.9. The van der Waals surface area contributed by atoms with E-state index in [0.29, 0.717) is 23.7 Å². The number of benzene rings is 12. The molecule has 0 amide bonds. The van der Waals surface area contributed by atoms with Gasteiger partial charge in [-0.2, -0.15) is 0 Å². The van der Waals surface area contributed by atoms with Gasteiger partial charge in [0.05, 0.1) is 0 Å². The van der Waals surface area contributed by atoms with E-state index >= 15 is 0 Å². The highest BCUT2D eigenvalue weighted by molar-refractivity contribution is 5.83. The summed E-state index contributed by atoms with van der Waals surface area (Å²) in [5, 5.41) is 0. The molecule has 2 unspecified atom stereocenters. The average molecular weight is 1960 g/mol. The van der Waals surface area contributed by atoms with Crippen LogP contribution in [-0.4, -0.2) is 0 Å². The second-order valence-electron chi connectivity index (χ2n) is 45.9. The second-order valence-corrected chi connectivity index (χ2v) is 45.9. The lowest BCUT2D eigenvalue weighted by Crippen LogP contribution is -2.40. The van der Waals surface area contributed by atoms with Gasteiger partial charge in [0.2, 0.25) is 0 Å². The van der Waals surface area contributed by atoms with E-state index in [2.05, 4.69) is 395 Å². The summed E-state index contributed by atoms with van der Waals surface area (Å²) in [5.41, 5.74) is 33.6. The molecule has 0 saturated heterocycles. The van der Waals surface area contributed by atoms with Gasteiger partial charge < -0.3 is 23.7 Å². The predicted octanol–water partition coefficient (Wildman–Crippen LogP) is 42.4. The molecule has 0 fully saturated rings. The van der Waals surface area contributed by atoms with Crippen molar-refractivity contribution in [3.8, 4) is 84.4 Å². The van der Waals surface area contributed by atoms with Crippen LogP contribution in [0.1, 0.15) is 422 Å². The molecule has 0 bridgehead atoms. The van der Waals surface area contributed by atoms with Crippen LogP contribution in [0.3, 0.4) is 0 Å². The Morgan fingerprint density at radius 1 is 0.199 bits per heavy atom. The van der Waals surface area contributed by atoms with Gasteiger partial charge in [0, 0.05) is 66.8 Å². The zero-order valence-electron chi connectivity index (χ0n) is 94.8. The van der Waals surface area contributed by atoms with E-state index in [1.165, 1.54) is 326 Å². The van der Waals surface area contributed by atoms with Crippen LogP contribution in [0.25, 0.3) is 55.6 Å².